The highest BCUT2D eigenvalue weighted by Gasteiger charge is 2.29. The van der Waals surface area contributed by atoms with E-state index in [4.69, 9.17) is 0 Å². The number of carbonyl (C=O) groups is 1. The number of aromatic nitrogens is 3. The number of hydrogen-bond acceptors (Lipinski definition) is 4. The van der Waals surface area contributed by atoms with Gasteiger partial charge in [0, 0.05) is 12.4 Å². The first-order chi connectivity index (χ1) is 9.27. The van der Waals surface area contributed by atoms with Crippen LogP contribution in [0.15, 0.2) is 47.5 Å². The summed E-state index contributed by atoms with van der Waals surface area (Å²) in [5.74, 6) is -0.0451. The summed E-state index contributed by atoms with van der Waals surface area (Å²) in [7, 11) is 0. The molecule has 0 radical (unpaired) electrons. The molecule has 1 aliphatic heterocycles. The molecule has 0 amide bonds. The van der Waals surface area contributed by atoms with E-state index in [0.717, 1.165) is 0 Å². The van der Waals surface area contributed by atoms with Crippen LogP contribution in [0.1, 0.15) is 16.2 Å². The molecule has 90 valence electrons. The Bertz CT molecular complexity index is 912. The van der Waals surface area contributed by atoms with E-state index < -0.39 is 0 Å². The zero-order chi connectivity index (χ0) is 13.0. The molecule has 1 aromatic carbocycles. The Balaban J connectivity index is 2.24. The molecule has 0 atom stereocenters. The van der Waals surface area contributed by atoms with Crippen molar-refractivity contribution in [2.24, 2.45) is 0 Å². The quantitative estimate of drug-likeness (QED) is 0.471. The summed E-state index contributed by atoms with van der Waals surface area (Å²) in [6, 6.07) is 8.65. The molecule has 0 bridgehead atoms. The summed E-state index contributed by atoms with van der Waals surface area (Å²) < 4.78 is 1.36. The van der Waals surface area contributed by atoms with Gasteiger partial charge in [-0.2, -0.15) is 0 Å². The minimum atomic E-state index is -0.258. The lowest BCUT2D eigenvalue weighted by atomic mass is 10.1. The highest BCUT2D eigenvalue weighted by molar-refractivity contribution is 6.13. The first-order valence-electron chi connectivity index (χ1n) is 5.78. The number of pyridine rings is 1. The van der Waals surface area contributed by atoms with Crippen LogP contribution in [-0.2, 0) is 0 Å². The van der Waals surface area contributed by atoms with E-state index in [2.05, 4.69) is 9.97 Å². The first kappa shape index (κ1) is 10.1. The molecule has 5 heteroatoms. The standard InChI is InChI=1S/C14H7N3O2/c18-12-8-3-1-2-4-11(8)17-13(12)16-10-5-6-15-7-9(10)14(17)19/h1-7H. The van der Waals surface area contributed by atoms with Crippen LogP contribution in [0.5, 0.6) is 0 Å². The number of carbonyl (C=O) groups excluding carboxylic acids is 1. The van der Waals surface area contributed by atoms with E-state index in [-0.39, 0.29) is 17.2 Å². The van der Waals surface area contributed by atoms with Crippen molar-refractivity contribution in [2.45, 2.75) is 0 Å². The van der Waals surface area contributed by atoms with Crippen LogP contribution in [0.25, 0.3) is 16.6 Å². The van der Waals surface area contributed by atoms with Gasteiger partial charge < -0.3 is 0 Å². The third-order valence-electron chi connectivity index (χ3n) is 3.26. The van der Waals surface area contributed by atoms with E-state index in [1.54, 1.807) is 36.5 Å². The maximum absolute atomic E-state index is 12.5. The fourth-order valence-corrected chi connectivity index (χ4v) is 2.39. The van der Waals surface area contributed by atoms with Gasteiger partial charge >= 0.3 is 0 Å². The second kappa shape index (κ2) is 3.35. The second-order valence-electron chi connectivity index (χ2n) is 4.32. The van der Waals surface area contributed by atoms with Gasteiger partial charge in [-0.1, -0.05) is 12.1 Å². The number of benzene rings is 1. The maximum Gasteiger partial charge on any atom is 0.267 e. The van der Waals surface area contributed by atoms with E-state index in [0.29, 0.717) is 22.2 Å². The van der Waals surface area contributed by atoms with Crippen LogP contribution < -0.4 is 5.56 Å². The molecular weight excluding hydrogens is 242 g/mol. The fourth-order valence-electron chi connectivity index (χ4n) is 2.39. The van der Waals surface area contributed by atoms with Crippen molar-refractivity contribution < 1.29 is 4.79 Å². The molecule has 1 aliphatic rings. The van der Waals surface area contributed by atoms with Gasteiger partial charge in [0.2, 0.25) is 5.78 Å². The number of hydrogen-bond donors (Lipinski definition) is 0. The number of para-hydroxylation sites is 1. The second-order valence-corrected chi connectivity index (χ2v) is 4.32. The Morgan fingerprint density at radius 2 is 1.89 bits per heavy atom. The predicted octanol–water partition coefficient (Wildman–Crippen LogP) is 1.33. The Labute approximate surface area is 107 Å². The van der Waals surface area contributed by atoms with Gasteiger partial charge in [-0.05, 0) is 18.2 Å². The number of nitrogens with zero attached hydrogens (tertiary/aromatic N) is 3. The molecule has 3 aromatic rings. The topological polar surface area (TPSA) is 64.8 Å². The van der Waals surface area contributed by atoms with Crippen molar-refractivity contribution in [3.05, 3.63) is 64.5 Å². The van der Waals surface area contributed by atoms with E-state index in [9.17, 15) is 9.59 Å². The summed E-state index contributed by atoms with van der Waals surface area (Å²) in [6.07, 6.45) is 3.03. The van der Waals surface area contributed by atoms with E-state index in [1.807, 2.05) is 0 Å². The zero-order valence-corrected chi connectivity index (χ0v) is 9.70. The van der Waals surface area contributed by atoms with Crippen LogP contribution in [0.3, 0.4) is 0 Å². The zero-order valence-electron chi connectivity index (χ0n) is 9.70. The average molecular weight is 249 g/mol. The molecule has 0 fully saturated rings. The first-order valence-corrected chi connectivity index (χ1v) is 5.78. The van der Waals surface area contributed by atoms with Crippen molar-refractivity contribution in [3.8, 4) is 5.69 Å². The molecule has 5 nitrogen and oxygen atoms in total. The van der Waals surface area contributed by atoms with Crippen molar-refractivity contribution in [1.29, 1.82) is 0 Å². The van der Waals surface area contributed by atoms with Gasteiger partial charge in [-0.25, -0.2) is 4.98 Å². The van der Waals surface area contributed by atoms with E-state index >= 15 is 0 Å². The van der Waals surface area contributed by atoms with Gasteiger partial charge in [-0.3, -0.25) is 19.1 Å². The Morgan fingerprint density at radius 1 is 1.05 bits per heavy atom. The van der Waals surface area contributed by atoms with Crippen molar-refractivity contribution in [3.63, 3.8) is 0 Å². The molecule has 0 aliphatic carbocycles. The smallest absolute Gasteiger partial charge is 0.267 e. The van der Waals surface area contributed by atoms with Crippen molar-refractivity contribution in [2.75, 3.05) is 0 Å². The lowest BCUT2D eigenvalue weighted by molar-refractivity contribution is 0.103. The van der Waals surface area contributed by atoms with Crippen molar-refractivity contribution >= 4 is 16.7 Å². The van der Waals surface area contributed by atoms with Crippen molar-refractivity contribution in [1.82, 2.24) is 14.5 Å². The van der Waals surface area contributed by atoms with Gasteiger partial charge in [0.1, 0.15) is 0 Å². The average Bonchev–Trinajstić information content (AvgIpc) is 2.74. The maximum atomic E-state index is 12.5. The fraction of sp³-hybridized carbons (Fsp3) is 0. The lowest BCUT2D eigenvalue weighted by Gasteiger charge is -2.04. The van der Waals surface area contributed by atoms with E-state index in [1.165, 1.54) is 10.8 Å². The Hall–Kier alpha value is -2.82. The highest BCUT2D eigenvalue weighted by atomic mass is 16.1. The molecule has 0 saturated heterocycles. The Morgan fingerprint density at radius 3 is 2.79 bits per heavy atom. The van der Waals surface area contributed by atoms with Crippen LogP contribution in [0.4, 0.5) is 0 Å². The summed E-state index contributed by atoms with van der Waals surface area (Å²) >= 11 is 0. The molecule has 2 aromatic heterocycles. The predicted molar refractivity (Wildman–Crippen MR) is 68.6 cm³/mol. The summed E-state index contributed by atoms with van der Waals surface area (Å²) in [5.41, 5.74) is 1.33. The molecular formula is C14H7N3O2. The third kappa shape index (κ3) is 1.18. The number of ketones is 1. The molecule has 0 N–H and O–H groups in total. The summed E-state index contributed by atoms with van der Waals surface area (Å²) in [6.45, 7) is 0. The third-order valence-corrected chi connectivity index (χ3v) is 3.26. The molecule has 0 spiro atoms. The molecule has 0 saturated carbocycles. The monoisotopic (exact) mass is 249 g/mol. The van der Waals surface area contributed by atoms with Crippen LogP contribution >= 0.6 is 0 Å². The largest absolute Gasteiger partial charge is 0.285 e. The molecule has 19 heavy (non-hydrogen) atoms. The minimum Gasteiger partial charge on any atom is -0.285 e. The van der Waals surface area contributed by atoms with Gasteiger partial charge in [0.25, 0.3) is 5.56 Å². The van der Waals surface area contributed by atoms with Gasteiger partial charge in [-0.15, -0.1) is 0 Å². The minimum absolute atomic E-state index is 0.171. The summed E-state index contributed by atoms with van der Waals surface area (Å²) in [4.78, 5) is 32.9. The van der Waals surface area contributed by atoms with Crippen LogP contribution in [0.2, 0.25) is 0 Å². The normalized spacial score (nSPS) is 12.5. The van der Waals surface area contributed by atoms with Crippen LogP contribution in [0, 0.1) is 0 Å². The number of fused-ring (bicyclic) bond motifs is 4. The SMILES string of the molecule is O=C1c2ccccc2-n2c1nc1ccncc1c2=O. The Kier molecular flexibility index (Phi) is 1.79. The molecule has 3 heterocycles. The lowest BCUT2D eigenvalue weighted by Crippen LogP contribution is -2.21. The van der Waals surface area contributed by atoms with Gasteiger partial charge in [0.15, 0.2) is 5.82 Å². The molecule has 4 rings (SSSR count). The van der Waals surface area contributed by atoms with Crippen LogP contribution in [-0.4, -0.2) is 20.3 Å². The molecule has 0 unspecified atom stereocenters. The number of rotatable bonds is 0. The summed E-state index contributed by atoms with van der Waals surface area (Å²) in [5, 5.41) is 0.413. The van der Waals surface area contributed by atoms with Gasteiger partial charge in [0.05, 0.1) is 22.2 Å². The highest BCUT2D eigenvalue weighted by Crippen LogP contribution is 2.25.